The summed E-state index contributed by atoms with van der Waals surface area (Å²) >= 11 is 1.28. The van der Waals surface area contributed by atoms with Gasteiger partial charge in [-0.2, -0.15) is 13.2 Å². The first-order chi connectivity index (χ1) is 13.5. The molecule has 0 unspecified atom stereocenters. The molecule has 5 N–H and O–H groups in total. The Labute approximate surface area is 171 Å². The van der Waals surface area contributed by atoms with Crippen LogP contribution in [-0.2, 0) is 4.79 Å². The maximum Gasteiger partial charge on any atom is 0.431 e. The zero-order valence-corrected chi connectivity index (χ0v) is 17.2. The van der Waals surface area contributed by atoms with Crippen LogP contribution in [0.3, 0.4) is 0 Å². The zero-order valence-electron chi connectivity index (χ0n) is 16.4. The van der Waals surface area contributed by atoms with Gasteiger partial charge in [-0.3, -0.25) is 14.6 Å². The minimum atomic E-state index is -4.57. The molecule has 0 saturated heterocycles. The molecule has 1 fully saturated rings. The second-order valence-electron chi connectivity index (χ2n) is 6.93. The Balaban J connectivity index is 1.97. The fourth-order valence-corrected chi connectivity index (χ4v) is 4.26. The summed E-state index contributed by atoms with van der Waals surface area (Å²) in [5.41, 5.74) is 11.1. The lowest BCUT2D eigenvalue weighted by atomic mass is 9.91. The molecule has 1 aliphatic carbocycles. The topological polar surface area (TPSA) is 111 Å². The van der Waals surface area contributed by atoms with Crippen molar-refractivity contribution in [3.63, 3.8) is 0 Å². The van der Waals surface area contributed by atoms with E-state index in [0.29, 0.717) is 35.5 Å². The first-order valence-electron chi connectivity index (χ1n) is 9.31. The Morgan fingerprint density at radius 3 is 2.45 bits per heavy atom. The van der Waals surface area contributed by atoms with Crippen LogP contribution in [0.2, 0.25) is 0 Å². The minimum absolute atomic E-state index is 0.0730. The minimum Gasteiger partial charge on any atom is -0.394 e. The lowest BCUT2D eigenvalue weighted by Gasteiger charge is -2.20. The van der Waals surface area contributed by atoms with Crippen molar-refractivity contribution in [3.05, 3.63) is 27.3 Å². The van der Waals surface area contributed by atoms with Gasteiger partial charge in [0.05, 0.1) is 5.56 Å². The first kappa shape index (κ1) is 22.9. The number of aliphatic imine (C=N–C) groups is 1. The van der Waals surface area contributed by atoms with Gasteiger partial charge in [-0.1, -0.05) is 0 Å². The molecule has 0 aromatic carbocycles. The van der Waals surface area contributed by atoms with E-state index in [0.717, 1.165) is 16.9 Å². The zero-order chi connectivity index (χ0) is 21.8. The SMILES string of the molecule is Cc1sc(NC(=O)CCCN=C2CCCCC2=C(N)C(F)(F)F)c(C(N)=O)c1C. The smallest absolute Gasteiger partial charge is 0.394 e. The number of allylic oxidation sites excluding steroid dienone is 2. The summed E-state index contributed by atoms with van der Waals surface area (Å²) < 4.78 is 38.7. The number of carbonyl (C=O) groups excluding carboxylic acids is 2. The molecule has 160 valence electrons. The molecule has 0 spiro atoms. The molecule has 0 radical (unpaired) electrons. The van der Waals surface area contributed by atoms with Crippen molar-refractivity contribution < 1.29 is 22.8 Å². The molecule has 1 heterocycles. The Bertz CT molecular complexity index is 856. The molecule has 1 aromatic heterocycles. The Morgan fingerprint density at radius 1 is 1.17 bits per heavy atom. The normalized spacial score (nSPS) is 18.0. The van der Waals surface area contributed by atoms with Crippen LogP contribution in [0.1, 0.15) is 59.3 Å². The van der Waals surface area contributed by atoms with Crippen molar-refractivity contribution in [3.8, 4) is 0 Å². The number of carbonyl (C=O) groups is 2. The number of nitrogens with two attached hydrogens (primary N) is 2. The second-order valence-corrected chi connectivity index (χ2v) is 8.15. The number of rotatable bonds is 6. The second kappa shape index (κ2) is 9.43. The number of aryl methyl sites for hydroxylation is 1. The lowest BCUT2D eigenvalue weighted by Crippen LogP contribution is -2.26. The van der Waals surface area contributed by atoms with Crippen LogP contribution in [0.25, 0.3) is 0 Å². The quantitative estimate of drug-likeness (QED) is 0.594. The van der Waals surface area contributed by atoms with E-state index >= 15 is 0 Å². The number of thiophene rings is 1. The van der Waals surface area contributed by atoms with Gasteiger partial charge in [0, 0.05) is 29.1 Å². The van der Waals surface area contributed by atoms with Crippen molar-refractivity contribution in [2.75, 3.05) is 11.9 Å². The van der Waals surface area contributed by atoms with Gasteiger partial charge in [0.25, 0.3) is 5.91 Å². The molecular weight excluding hydrogens is 405 g/mol. The molecule has 2 rings (SSSR count). The lowest BCUT2D eigenvalue weighted by molar-refractivity contribution is -0.116. The molecule has 29 heavy (non-hydrogen) atoms. The summed E-state index contributed by atoms with van der Waals surface area (Å²) in [6.07, 6.45) is -1.95. The van der Waals surface area contributed by atoms with Gasteiger partial charge in [0.15, 0.2) is 0 Å². The van der Waals surface area contributed by atoms with E-state index in [-0.39, 0.29) is 30.9 Å². The highest BCUT2D eigenvalue weighted by Crippen LogP contribution is 2.32. The van der Waals surface area contributed by atoms with Gasteiger partial charge in [0.1, 0.15) is 10.7 Å². The standard InChI is InChI=1S/C19H25F3N4O2S/c1-10-11(2)29-18(15(10)17(24)28)26-14(27)8-5-9-25-13-7-4-3-6-12(13)16(23)19(20,21)22/h3-9,23H2,1-2H3,(H2,24,28)(H,26,27). The van der Waals surface area contributed by atoms with Crippen molar-refractivity contribution in [1.82, 2.24) is 0 Å². The van der Waals surface area contributed by atoms with E-state index < -0.39 is 17.8 Å². The van der Waals surface area contributed by atoms with E-state index in [2.05, 4.69) is 10.3 Å². The number of nitrogens with zero attached hydrogens (tertiary/aromatic N) is 1. The van der Waals surface area contributed by atoms with Gasteiger partial charge in [-0.25, -0.2) is 0 Å². The molecule has 2 amide bonds. The van der Waals surface area contributed by atoms with Gasteiger partial charge < -0.3 is 16.8 Å². The average Bonchev–Trinajstić information content (AvgIpc) is 2.91. The van der Waals surface area contributed by atoms with Gasteiger partial charge in [0.2, 0.25) is 5.91 Å². The van der Waals surface area contributed by atoms with Crippen molar-refractivity contribution >= 4 is 33.9 Å². The van der Waals surface area contributed by atoms with Crippen LogP contribution in [0.15, 0.2) is 16.3 Å². The van der Waals surface area contributed by atoms with Gasteiger partial charge >= 0.3 is 6.18 Å². The summed E-state index contributed by atoms with van der Waals surface area (Å²) in [6, 6.07) is 0. The molecule has 1 aliphatic rings. The number of halogens is 3. The number of alkyl halides is 3. The number of anilines is 1. The van der Waals surface area contributed by atoms with E-state index in [9.17, 15) is 22.8 Å². The van der Waals surface area contributed by atoms with E-state index in [1.807, 2.05) is 6.92 Å². The number of amides is 2. The number of nitrogens with one attached hydrogen (secondary N) is 1. The average molecular weight is 430 g/mol. The van der Waals surface area contributed by atoms with E-state index in [1.54, 1.807) is 6.92 Å². The van der Waals surface area contributed by atoms with Gasteiger partial charge in [-0.15, -0.1) is 11.3 Å². The summed E-state index contributed by atoms with van der Waals surface area (Å²) in [7, 11) is 0. The highest BCUT2D eigenvalue weighted by atomic mass is 32.1. The van der Waals surface area contributed by atoms with Crippen LogP contribution in [0, 0.1) is 13.8 Å². The molecule has 10 heteroatoms. The Morgan fingerprint density at radius 2 is 1.83 bits per heavy atom. The van der Waals surface area contributed by atoms with Gasteiger partial charge in [-0.05, 0) is 51.5 Å². The molecular formula is C19H25F3N4O2S. The van der Waals surface area contributed by atoms with Crippen LogP contribution >= 0.6 is 11.3 Å². The Hall–Kier alpha value is -2.36. The molecule has 1 saturated carbocycles. The third-order valence-electron chi connectivity index (χ3n) is 4.82. The van der Waals surface area contributed by atoms with Crippen molar-refractivity contribution in [2.45, 2.75) is 58.5 Å². The van der Waals surface area contributed by atoms with Crippen molar-refractivity contribution in [1.29, 1.82) is 0 Å². The molecule has 0 atom stereocenters. The predicted molar refractivity (Wildman–Crippen MR) is 108 cm³/mol. The molecule has 1 aromatic rings. The van der Waals surface area contributed by atoms with Crippen LogP contribution < -0.4 is 16.8 Å². The van der Waals surface area contributed by atoms with E-state index in [1.165, 1.54) is 11.3 Å². The highest BCUT2D eigenvalue weighted by Gasteiger charge is 2.35. The monoisotopic (exact) mass is 430 g/mol. The maximum atomic E-state index is 12.9. The Kier molecular flexibility index (Phi) is 7.45. The largest absolute Gasteiger partial charge is 0.431 e. The van der Waals surface area contributed by atoms with Crippen LogP contribution in [-0.4, -0.2) is 30.2 Å². The summed E-state index contributed by atoms with van der Waals surface area (Å²) in [5, 5.41) is 3.11. The summed E-state index contributed by atoms with van der Waals surface area (Å²) in [6.45, 7) is 3.82. The summed E-state index contributed by atoms with van der Waals surface area (Å²) in [4.78, 5) is 28.9. The fourth-order valence-electron chi connectivity index (χ4n) is 3.18. The highest BCUT2D eigenvalue weighted by molar-refractivity contribution is 7.16. The number of hydrogen-bond acceptors (Lipinski definition) is 5. The van der Waals surface area contributed by atoms with Crippen molar-refractivity contribution in [2.24, 2.45) is 16.5 Å². The summed E-state index contributed by atoms with van der Waals surface area (Å²) in [5.74, 6) is -0.907. The first-order valence-corrected chi connectivity index (χ1v) is 10.1. The third-order valence-corrected chi connectivity index (χ3v) is 5.94. The maximum absolute atomic E-state index is 12.9. The predicted octanol–water partition coefficient (Wildman–Crippen LogP) is 3.97. The molecule has 6 nitrogen and oxygen atoms in total. The fraction of sp³-hybridized carbons (Fsp3) is 0.526. The third kappa shape index (κ3) is 5.81. The van der Waals surface area contributed by atoms with Crippen LogP contribution in [0.5, 0.6) is 0 Å². The molecule has 0 bridgehead atoms. The number of hydrogen-bond donors (Lipinski definition) is 3. The molecule has 0 aliphatic heterocycles. The number of primary amides is 1. The van der Waals surface area contributed by atoms with E-state index in [4.69, 9.17) is 11.5 Å². The van der Waals surface area contributed by atoms with Crippen LogP contribution in [0.4, 0.5) is 18.2 Å².